The maximum atomic E-state index is 12.2. The zero-order chi connectivity index (χ0) is 18.9. The van der Waals surface area contributed by atoms with Gasteiger partial charge in [0.05, 0.1) is 5.75 Å². The lowest BCUT2D eigenvalue weighted by atomic mass is 9.95. The highest BCUT2D eigenvalue weighted by atomic mass is 32.2. The Labute approximate surface area is 155 Å². The van der Waals surface area contributed by atoms with Crippen molar-refractivity contribution < 1.29 is 12.6 Å². The Kier molecular flexibility index (Phi) is 9.96. The molecule has 0 amide bonds. The van der Waals surface area contributed by atoms with Crippen LogP contribution in [0.3, 0.4) is 0 Å². The molecule has 0 aliphatic heterocycles. The first-order valence-corrected chi connectivity index (χ1v) is 12.2. The largest absolute Gasteiger partial charge is 0.355 e. The van der Waals surface area contributed by atoms with Crippen LogP contribution in [0.2, 0.25) is 0 Å². The quantitative estimate of drug-likeness (QED) is 0.448. The van der Waals surface area contributed by atoms with Crippen molar-refractivity contribution in [2.45, 2.75) is 57.7 Å². The molecule has 2 N–H and O–H groups in total. The highest BCUT2D eigenvalue weighted by molar-refractivity contribution is 7.89. The average molecular weight is 395 g/mol. The van der Waals surface area contributed by atoms with Gasteiger partial charge < -0.3 is 10.6 Å². The van der Waals surface area contributed by atoms with E-state index in [4.69, 9.17) is 0 Å². The Morgan fingerprint density at radius 3 is 2.48 bits per heavy atom. The fourth-order valence-electron chi connectivity index (χ4n) is 3.18. The molecule has 0 saturated heterocycles. The summed E-state index contributed by atoms with van der Waals surface area (Å²) >= 11 is 0. The van der Waals surface area contributed by atoms with Gasteiger partial charge in [0.2, 0.25) is 10.0 Å². The van der Waals surface area contributed by atoms with Crippen molar-refractivity contribution >= 4 is 26.8 Å². The number of aliphatic imine (C=N–C) groups is 1. The van der Waals surface area contributed by atoms with Gasteiger partial charge in [-0.25, -0.2) is 12.7 Å². The van der Waals surface area contributed by atoms with E-state index in [1.807, 2.05) is 20.8 Å². The molecular weight excluding hydrogens is 360 g/mol. The van der Waals surface area contributed by atoms with Crippen molar-refractivity contribution in [2.75, 3.05) is 38.2 Å². The molecule has 148 valence electrons. The van der Waals surface area contributed by atoms with Crippen LogP contribution in [0.25, 0.3) is 0 Å². The second-order valence-corrected chi connectivity index (χ2v) is 10.3. The number of hydrogen-bond acceptors (Lipinski definition) is 4. The molecule has 7 nitrogen and oxygen atoms in total. The molecule has 1 rings (SSSR count). The molecule has 1 aliphatic rings. The van der Waals surface area contributed by atoms with Crippen LogP contribution < -0.4 is 10.6 Å². The van der Waals surface area contributed by atoms with Gasteiger partial charge in [0.1, 0.15) is 0 Å². The minimum Gasteiger partial charge on any atom is -0.355 e. The number of nitrogens with zero attached hydrogens (tertiary/aromatic N) is 2. The van der Waals surface area contributed by atoms with Gasteiger partial charge in [-0.3, -0.25) is 9.20 Å². The lowest BCUT2D eigenvalue weighted by Crippen LogP contribution is -2.48. The van der Waals surface area contributed by atoms with E-state index in [0.29, 0.717) is 31.3 Å². The van der Waals surface area contributed by atoms with Gasteiger partial charge in [0.25, 0.3) is 0 Å². The summed E-state index contributed by atoms with van der Waals surface area (Å²) in [5.41, 5.74) is 0. The molecule has 0 aromatic carbocycles. The molecule has 3 unspecified atom stereocenters. The molecule has 0 spiro atoms. The molecule has 0 radical (unpaired) electrons. The van der Waals surface area contributed by atoms with Crippen molar-refractivity contribution in [3.8, 4) is 0 Å². The molecule has 1 aliphatic carbocycles. The predicted octanol–water partition coefficient (Wildman–Crippen LogP) is 0.903. The van der Waals surface area contributed by atoms with Crippen LogP contribution in [0.5, 0.6) is 0 Å². The summed E-state index contributed by atoms with van der Waals surface area (Å²) in [5, 5.41) is 6.69. The summed E-state index contributed by atoms with van der Waals surface area (Å²) in [4.78, 5) is 4.19. The third kappa shape index (κ3) is 7.22. The lowest BCUT2D eigenvalue weighted by molar-refractivity contribution is 0.413. The van der Waals surface area contributed by atoms with E-state index in [1.165, 1.54) is 4.31 Å². The highest BCUT2D eigenvalue weighted by Crippen LogP contribution is 2.22. The van der Waals surface area contributed by atoms with Crippen LogP contribution in [0.4, 0.5) is 0 Å². The summed E-state index contributed by atoms with van der Waals surface area (Å²) in [5.74, 6) is 1.36. The summed E-state index contributed by atoms with van der Waals surface area (Å²) in [6.07, 6.45) is 3.98. The van der Waals surface area contributed by atoms with Crippen molar-refractivity contribution in [1.82, 2.24) is 14.9 Å². The summed E-state index contributed by atoms with van der Waals surface area (Å²) in [7, 11) is -2.32. The molecule has 0 aromatic rings. The Bertz CT molecular complexity index is 548. The van der Waals surface area contributed by atoms with Gasteiger partial charge in [-0.15, -0.1) is 0 Å². The van der Waals surface area contributed by atoms with Crippen LogP contribution >= 0.6 is 0 Å². The fraction of sp³-hybridized carbons (Fsp3) is 0.938. The van der Waals surface area contributed by atoms with Gasteiger partial charge >= 0.3 is 0 Å². The lowest BCUT2D eigenvalue weighted by Gasteiger charge is -2.30. The highest BCUT2D eigenvalue weighted by Gasteiger charge is 2.26. The molecule has 25 heavy (non-hydrogen) atoms. The Hall–Kier alpha value is -0.670. The molecule has 0 bridgehead atoms. The van der Waals surface area contributed by atoms with E-state index in [-0.39, 0.29) is 17.0 Å². The third-order valence-electron chi connectivity index (χ3n) is 4.60. The maximum Gasteiger partial charge on any atom is 0.215 e. The topological polar surface area (TPSA) is 90.9 Å². The van der Waals surface area contributed by atoms with Crippen molar-refractivity contribution in [3.63, 3.8) is 0 Å². The first kappa shape index (κ1) is 22.4. The number of guanidine groups is 1. The van der Waals surface area contributed by atoms with Crippen LogP contribution in [0.1, 0.15) is 46.5 Å². The SMILES string of the molecule is CCN(CC)S(=O)(=O)CCNC(=NC)NC1CCCC(S(=O)CC)C1. The maximum absolute atomic E-state index is 12.2. The Morgan fingerprint density at radius 2 is 1.92 bits per heavy atom. The number of nitrogens with one attached hydrogen (secondary N) is 2. The molecule has 1 saturated carbocycles. The molecule has 3 atom stereocenters. The second-order valence-electron chi connectivity index (χ2n) is 6.20. The van der Waals surface area contributed by atoms with Crippen LogP contribution in [-0.2, 0) is 20.8 Å². The Balaban J connectivity index is 2.48. The molecule has 0 heterocycles. The summed E-state index contributed by atoms with van der Waals surface area (Å²) in [6.45, 7) is 6.94. The summed E-state index contributed by atoms with van der Waals surface area (Å²) < 4.78 is 37.9. The van der Waals surface area contributed by atoms with Gasteiger partial charge in [-0.1, -0.05) is 27.2 Å². The first-order chi connectivity index (χ1) is 11.9. The molecule has 9 heteroatoms. The normalized spacial score (nSPS) is 23.5. The molecule has 0 aromatic heterocycles. The van der Waals surface area contributed by atoms with E-state index >= 15 is 0 Å². The van der Waals surface area contributed by atoms with Crippen LogP contribution in [-0.4, -0.2) is 72.4 Å². The van der Waals surface area contributed by atoms with E-state index in [2.05, 4.69) is 15.6 Å². The second kappa shape index (κ2) is 11.1. The number of sulfonamides is 1. The Morgan fingerprint density at radius 1 is 1.24 bits per heavy atom. The molecular formula is C16H34N4O3S2. The number of hydrogen-bond donors (Lipinski definition) is 2. The smallest absolute Gasteiger partial charge is 0.215 e. The van der Waals surface area contributed by atoms with Crippen molar-refractivity contribution in [1.29, 1.82) is 0 Å². The average Bonchev–Trinajstić information content (AvgIpc) is 2.61. The van der Waals surface area contributed by atoms with Gasteiger partial charge in [-0.05, 0) is 19.3 Å². The first-order valence-electron chi connectivity index (χ1n) is 9.20. The van der Waals surface area contributed by atoms with Crippen LogP contribution in [0.15, 0.2) is 4.99 Å². The van der Waals surface area contributed by atoms with Crippen molar-refractivity contribution in [2.24, 2.45) is 4.99 Å². The van der Waals surface area contributed by atoms with Crippen LogP contribution in [0, 0.1) is 0 Å². The van der Waals surface area contributed by atoms with Gasteiger partial charge in [0, 0.05) is 54.5 Å². The van der Waals surface area contributed by atoms with Gasteiger partial charge in [-0.2, -0.15) is 0 Å². The predicted molar refractivity (Wildman–Crippen MR) is 106 cm³/mol. The standard InChI is InChI=1S/C16H34N4O3S2/c1-5-20(6-2)25(22,23)12-11-18-16(17-4)19-14-9-8-10-15(13-14)24(21)7-3/h14-15H,5-13H2,1-4H3,(H2,17,18,19). The molecule has 1 fully saturated rings. The minimum atomic E-state index is -3.24. The van der Waals surface area contributed by atoms with Crippen molar-refractivity contribution in [3.05, 3.63) is 0 Å². The fourth-order valence-corrected chi connectivity index (χ4v) is 5.94. The zero-order valence-corrected chi connectivity index (χ0v) is 17.6. The third-order valence-corrected chi connectivity index (χ3v) is 8.36. The van der Waals surface area contributed by atoms with E-state index in [1.54, 1.807) is 7.05 Å². The van der Waals surface area contributed by atoms with E-state index < -0.39 is 20.8 Å². The van der Waals surface area contributed by atoms with Gasteiger partial charge in [0.15, 0.2) is 5.96 Å². The van der Waals surface area contributed by atoms with E-state index in [0.717, 1.165) is 25.7 Å². The minimum absolute atomic E-state index is 0.0442. The zero-order valence-electron chi connectivity index (χ0n) is 16.0. The number of rotatable bonds is 9. The van der Waals surface area contributed by atoms with E-state index in [9.17, 15) is 12.6 Å². The monoisotopic (exact) mass is 394 g/mol. The summed E-state index contributed by atoms with van der Waals surface area (Å²) in [6, 6.07) is 0.236.